The van der Waals surface area contributed by atoms with E-state index in [-0.39, 0.29) is 5.69 Å². The number of rotatable bonds is 3. The number of aromatic amines is 1. The summed E-state index contributed by atoms with van der Waals surface area (Å²) in [7, 11) is 0. The Morgan fingerprint density at radius 1 is 1.25 bits per heavy atom. The molecule has 0 amide bonds. The predicted molar refractivity (Wildman–Crippen MR) is 92.0 cm³/mol. The number of H-pyrrole nitrogens is 1. The Morgan fingerprint density at radius 3 is 2.88 bits per heavy atom. The van der Waals surface area contributed by atoms with E-state index in [4.69, 9.17) is 16.1 Å². The van der Waals surface area contributed by atoms with E-state index in [1.807, 2.05) is 43.3 Å². The maximum atomic E-state index is 11.9. The maximum Gasteiger partial charge on any atom is 0.326 e. The standard InChI is InChI=1S/C17H13ClN4O2/c1-2-22-14-8-7-10(9-13(14)19-17(22)23)15-20-16(24-21-15)11-5-3-4-6-12(11)18/h3-9H,2H2,1H3,(H,19,23). The number of nitrogens with zero attached hydrogens (tertiary/aromatic N) is 3. The Labute approximate surface area is 141 Å². The third-order valence-electron chi connectivity index (χ3n) is 3.88. The minimum absolute atomic E-state index is 0.130. The smallest absolute Gasteiger partial charge is 0.326 e. The van der Waals surface area contributed by atoms with E-state index in [1.165, 1.54) is 0 Å². The summed E-state index contributed by atoms with van der Waals surface area (Å²) in [5.41, 5.74) is 2.90. The average Bonchev–Trinajstić information content (AvgIpc) is 3.18. The molecule has 2 aromatic heterocycles. The van der Waals surface area contributed by atoms with Crippen molar-refractivity contribution in [3.8, 4) is 22.8 Å². The average molecular weight is 341 g/mol. The first-order valence-electron chi connectivity index (χ1n) is 7.49. The van der Waals surface area contributed by atoms with Crippen LogP contribution >= 0.6 is 11.6 Å². The third kappa shape index (κ3) is 2.32. The molecule has 0 saturated carbocycles. The molecule has 6 nitrogen and oxygen atoms in total. The van der Waals surface area contributed by atoms with Crippen molar-refractivity contribution >= 4 is 22.6 Å². The second kappa shape index (κ2) is 5.65. The largest absolute Gasteiger partial charge is 0.334 e. The van der Waals surface area contributed by atoms with E-state index in [2.05, 4.69) is 15.1 Å². The van der Waals surface area contributed by atoms with Gasteiger partial charge in [0.25, 0.3) is 5.89 Å². The summed E-state index contributed by atoms with van der Waals surface area (Å²) in [5.74, 6) is 0.798. The fourth-order valence-corrected chi connectivity index (χ4v) is 2.92. The zero-order chi connectivity index (χ0) is 16.7. The van der Waals surface area contributed by atoms with Gasteiger partial charge >= 0.3 is 5.69 Å². The highest BCUT2D eigenvalue weighted by Gasteiger charge is 2.14. The monoisotopic (exact) mass is 340 g/mol. The molecule has 0 saturated heterocycles. The van der Waals surface area contributed by atoms with E-state index >= 15 is 0 Å². The molecule has 0 radical (unpaired) electrons. The summed E-state index contributed by atoms with van der Waals surface area (Å²) in [6.07, 6.45) is 0. The van der Waals surface area contributed by atoms with E-state index in [0.29, 0.717) is 28.8 Å². The summed E-state index contributed by atoms with van der Waals surface area (Å²) < 4.78 is 7.00. The van der Waals surface area contributed by atoms with E-state index in [9.17, 15) is 4.79 Å². The van der Waals surface area contributed by atoms with Crippen molar-refractivity contribution in [3.05, 3.63) is 58.0 Å². The van der Waals surface area contributed by atoms with Gasteiger partial charge in [0.15, 0.2) is 0 Å². The lowest BCUT2D eigenvalue weighted by Crippen LogP contribution is -2.14. The lowest BCUT2D eigenvalue weighted by Gasteiger charge is -1.99. The highest BCUT2D eigenvalue weighted by Crippen LogP contribution is 2.28. The van der Waals surface area contributed by atoms with Crippen molar-refractivity contribution in [1.29, 1.82) is 0 Å². The summed E-state index contributed by atoms with van der Waals surface area (Å²) in [6, 6.07) is 12.9. The van der Waals surface area contributed by atoms with E-state index in [0.717, 1.165) is 16.6 Å². The normalized spacial score (nSPS) is 11.2. The number of hydrogen-bond donors (Lipinski definition) is 1. The zero-order valence-corrected chi connectivity index (χ0v) is 13.5. The number of benzene rings is 2. The number of halogens is 1. The van der Waals surface area contributed by atoms with Crippen LogP contribution in [0.2, 0.25) is 5.02 Å². The zero-order valence-electron chi connectivity index (χ0n) is 12.8. The number of aromatic nitrogens is 4. The molecule has 2 aromatic carbocycles. The topological polar surface area (TPSA) is 76.7 Å². The predicted octanol–water partition coefficient (Wildman–Crippen LogP) is 3.72. The van der Waals surface area contributed by atoms with Crippen LogP contribution in [0, 0.1) is 0 Å². The number of hydrogen-bond acceptors (Lipinski definition) is 4. The molecule has 120 valence electrons. The number of nitrogens with one attached hydrogen (secondary N) is 1. The molecule has 0 aliphatic heterocycles. The van der Waals surface area contributed by atoms with Crippen LogP contribution in [0.1, 0.15) is 6.92 Å². The van der Waals surface area contributed by atoms with Gasteiger partial charge in [-0.1, -0.05) is 28.9 Å². The van der Waals surface area contributed by atoms with Gasteiger partial charge in [-0.25, -0.2) is 4.79 Å². The van der Waals surface area contributed by atoms with Crippen LogP contribution < -0.4 is 5.69 Å². The Morgan fingerprint density at radius 2 is 2.08 bits per heavy atom. The van der Waals surface area contributed by atoms with Gasteiger partial charge in [-0.15, -0.1) is 0 Å². The third-order valence-corrected chi connectivity index (χ3v) is 4.21. The van der Waals surface area contributed by atoms with Crippen LogP contribution in [0.5, 0.6) is 0 Å². The van der Waals surface area contributed by atoms with Gasteiger partial charge in [-0.2, -0.15) is 4.98 Å². The minimum atomic E-state index is -0.130. The van der Waals surface area contributed by atoms with Crippen molar-refractivity contribution in [1.82, 2.24) is 19.7 Å². The number of aryl methyl sites for hydroxylation is 1. The SMILES string of the molecule is CCn1c(=O)[nH]c2cc(-c3noc(-c4ccccc4Cl)n3)ccc21. The molecule has 7 heteroatoms. The Kier molecular flexibility index (Phi) is 3.46. The van der Waals surface area contributed by atoms with Crippen LogP contribution in [-0.2, 0) is 6.54 Å². The molecule has 0 atom stereocenters. The molecule has 4 aromatic rings. The van der Waals surface area contributed by atoms with Gasteiger partial charge in [0.2, 0.25) is 5.82 Å². The molecular weight excluding hydrogens is 328 g/mol. The van der Waals surface area contributed by atoms with E-state index < -0.39 is 0 Å². The highest BCUT2D eigenvalue weighted by molar-refractivity contribution is 6.33. The summed E-state index contributed by atoms with van der Waals surface area (Å²) in [6.45, 7) is 2.54. The summed E-state index contributed by atoms with van der Waals surface area (Å²) in [4.78, 5) is 19.1. The molecule has 0 aliphatic rings. The Bertz CT molecular complexity index is 1090. The molecule has 1 N–H and O–H groups in total. The lowest BCUT2D eigenvalue weighted by atomic mass is 10.2. The molecule has 0 fully saturated rings. The van der Waals surface area contributed by atoms with Crippen LogP contribution in [0.4, 0.5) is 0 Å². The molecular formula is C17H13ClN4O2. The van der Waals surface area contributed by atoms with E-state index in [1.54, 1.807) is 10.6 Å². The second-order valence-electron chi connectivity index (χ2n) is 5.31. The van der Waals surface area contributed by atoms with Crippen molar-refractivity contribution in [2.75, 3.05) is 0 Å². The second-order valence-corrected chi connectivity index (χ2v) is 5.72. The number of fused-ring (bicyclic) bond motifs is 1. The van der Waals surface area contributed by atoms with Gasteiger partial charge in [-0.05, 0) is 37.3 Å². The molecule has 24 heavy (non-hydrogen) atoms. The van der Waals surface area contributed by atoms with Gasteiger partial charge < -0.3 is 9.51 Å². The first kappa shape index (κ1) is 14.7. The van der Waals surface area contributed by atoms with Crippen LogP contribution in [0.15, 0.2) is 51.8 Å². The lowest BCUT2D eigenvalue weighted by molar-refractivity contribution is 0.432. The van der Waals surface area contributed by atoms with Gasteiger partial charge in [-0.3, -0.25) is 4.57 Å². The fourth-order valence-electron chi connectivity index (χ4n) is 2.70. The molecule has 4 rings (SSSR count). The minimum Gasteiger partial charge on any atom is -0.334 e. The summed E-state index contributed by atoms with van der Waals surface area (Å²) >= 11 is 6.16. The van der Waals surface area contributed by atoms with Crippen molar-refractivity contribution in [3.63, 3.8) is 0 Å². The first-order chi connectivity index (χ1) is 11.7. The van der Waals surface area contributed by atoms with Gasteiger partial charge in [0, 0.05) is 12.1 Å². The molecule has 0 unspecified atom stereocenters. The van der Waals surface area contributed by atoms with Crippen LogP contribution in [0.3, 0.4) is 0 Å². The molecule has 0 aliphatic carbocycles. The van der Waals surface area contributed by atoms with Crippen LogP contribution in [-0.4, -0.2) is 19.7 Å². The van der Waals surface area contributed by atoms with Crippen molar-refractivity contribution < 1.29 is 4.52 Å². The first-order valence-corrected chi connectivity index (χ1v) is 7.86. The molecule has 0 spiro atoms. The van der Waals surface area contributed by atoms with Crippen molar-refractivity contribution in [2.45, 2.75) is 13.5 Å². The Balaban J connectivity index is 1.79. The molecule has 0 bridgehead atoms. The van der Waals surface area contributed by atoms with Gasteiger partial charge in [0.1, 0.15) is 0 Å². The maximum absolute atomic E-state index is 11.9. The van der Waals surface area contributed by atoms with Crippen molar-refractivity contribution in [2.24, 2.45) is 0 Å². The van der Waals surface area contributed by atoms with Crippen LogP contribution in [0.25, 0.3) is 33.9 Å². The highest BCUT2D eigenvalue weighted by atomic mass is 35.5. The summed E-state index contributed by atoms with van der Waals surface area (Å²) in [5, 5.41) is 4.57. The Hall–Kier alpha value is -2.86. The molecule has 2 heterocycles. The quantitative estimate of drug-likeness (QED) is 0.616. The fraction of sp³-hybridized carbons (Fsp3) is 0.118. The number of imidazole rings is 1. The van der Waals surface area contributed by atoms with Gasteiger partial charge in [0.05, 0.1) is 21.6 Å².